The zero-order valence-corrected chi connectivity index (χ0v) is 9.71. The predicted octanol–water partition coefficient (Wildman–Crippen LogP) is 0.354. The van der Waals surface area contributed by atoms with Crippen LogP contribution in [-0.2, 0) is 11.8 Å². The number of fused-ring (bicyclic) bond motifs is 1. The van der Waals surface area contributed by atoms with Gasteiger partial charge in [-0.15, -0.1) is 0 Å². The summed E-state index contributed by atoms with van der Waals surface area (Å²) in [6.07, 6.45) is 1.45. The molecule has 2 aromatic rings. The Balaban J connectivity index is 2.32. The zero-order chi connectivity index (χ0) is 12.3. The summed E-state index contributed by atoms with van der Waals surface area (Å²) < 4.78 is 11.7. The Labute approximate surface area is 97.8 Å². The number of rotatable bonds is 4. The molecule has 90 valence electrons. The highest BCUT2D eigenvalue weighted by atomic mass is 16.5. The van der Waals surface area contributed by atoms with Crippen LogP contribution < -0.4 is 10.4 Å². The molecule has 0 aliphatic rings. The van der Waals surface area contributed by atoms with Gasteiger partial charge in [-0.1, -0.05) is 0 Å². The molecule has 0 atom stereocenters. The zero-order valence-electron chi connectivity index (χ0n) is 9.71. The second-order valence-electron chi connectivity index (χ2n) is 3.49. The van der Waals surface area contributed by atoms with Gasteiger partial charge >= 0.3 is 5.69 Å². The van der Waals surface area contributed by atoms with E-state index in [1.807, 2.05) is 0 Å². The Hall–Kier alpha value is -1.95. The third-order valence-corrected chi connectivity index (χ3v) is 2.36. The van der Waals surface area contributed by atoms with Gasteiger partial charge in [0.1, 0.15) is 12.1 Å². The standard InChI is InChI=1S/C11H13N3O3/c1-14-9-3-4-10(17-6-5-16-2)13-8(9)7-12-11(14)15/h3-4,7H,5-6H2,1-2H3. The molecule has 0 aromatic carbocycles. The minimum atomic E-state index is -0.299. The average molecular weight is 235 g/mol. The van der Waals surface area contributed by atoms with Gasteiger partial charge in [0.2, 0.25) is 5.88 Å². The Bertz CT molecular complexity index is 580. The van der Waals surface area contributed by atoms with Gasteiger partial charge in [0.25, 0.3) is 0 Å². The summed E-state index contributed by atoms with van der Waals surface area (Å²) >= 11 is 0. The molecule has 2 heterocycles. The summed E-state index contributed by atoms with van der Waals surface area (Å²) in [6.45, 7) is 0.944. The molecule has 2 aromatic heterocycles. The number of ether oxygens (including phenoxy) is 2. The van der Waals surface area contributed by atoms with Crippen LogP contribution in [-0.4, -0.2) is 34.9 Å². The summed E-state index contributed by atoms with van der Waals surface area (Å²) in [5.74, 6) is 0.495. The van der Waals surface area contributed by atoms with Crippen molar-refractivity contribution in [3.63, 3.8) is 0 Å². The van der Waals surface area contributed by atoms with Crippen LogP contribution in [0.5, 0.6) is 5.88 Å². The first-order valence-electron chi connectivity index (χ1n) is 5.17. The topological polar surface area (TPSA) is 66.2 Å². The van der Waals surface area contributed by atoms with Crippen LogP contribution in [0, 0.1) is 0 Å². The van der Waals surface area contributed by atoms with E-state index < -0.39 is 0 Å². The molecule has 0 N–H and O–H groups in total. The van der Waals surface area contributed by atoms with Crippen LogP contribution in [0.1, 0.15) is 0 Å². The van der Waals surface area contributed by atoms with Gasteiger partial charge < -0.3 is 9.47 Å². The van der Waals surface area contributed by atoms with Gasteiger partial charge in [-0.25, -0.2) is 9.78 Å². The molecule has 0 saturated carbocycles. The van der Waals surface area contributed by atoms with E-state index in [2.05, 4.69) is 9.97 Å². The smallest absolute Gasteiger partial charge is 0.347 e. The highest BCUT2D eigenvalue weighted by Crippen LogP contribution is 2.13. The van der Waals surface area contributed by atoms with Crippen molar-refractivity contribution in [2.24, 2.45) is 7.05 Å². The molecule has 0 saturated heterocycles. The predicted molar refractivity (Wildman–Crippen MR) is 62.2 cm³/mol. The van der Waals surface area contributed by atoms with Crippen LogP contribution in [0.25, 0.3) is 11.0 Å². The minimum absolute atomic E-state index is 0.299. The van der Waals surface area contributed by atoms with Crippen molar-refractivity contribution >= 4 is 11.0 Å². The van der Waals surface area contributed by atoms with Gasteiger partial charge in [0, 0.05) is 20.2 Å². The fraction of sp³-hybridized carbons (Fsp3) is 0.364. The first-order valence-corrected chi connectivity index (χ1v) is 5.17. The molecular formula is C11H13N3O3. The van der Waals surface area contributed by atoms with Crippen LogP contribution in [0.2, 0.25) is 0 Å². The van der Waals surface area contributed by atoms with Gasteiger partial charge in [-0.05, 0) is 6.07 Å². The van der Waals surface area contributed by atoms with Crippen LogP contribution in [0.4, 0.5) is 0 Å². The number of pyridine rings is 1. The maximum absolute atomic E-state index is 11.3. The van der Waals surface area contributed by atoms with Crippen molar-refractivity contribution < 1.29 is 9.47 Å². The molecule has 0 bridgehead atoms. The molecule has 6 nitrogen and oxygen atoms in total. The molecule has 0 spiro atoms. The van der Waals surface area contributed by atoms with E-state index in [0.29, 0.717) is 24.6 Å². The Kier molecular flexibility index (Phi) is 3.34. The third kappa shape index (κ3) is 2.42. The largest absolute Gasteiger partial charge is 0.475 e. The molecule has 0 aliphatic carbocycles. The molecule has 2 rings (SSSR count). The number of hydrogen-bond donors (Lipinski definition) is 0. The maximum Gasteiger partial charge on any atom is 0.347 e. The van der Waals surface area contributed by atoms with Crippen molar-refractivity contribution in [2.45, 2.75) is 0 Å². The number of aryl methyl sites for hydroxylation is 1. The first-order chi connectivity index (χ1) is 8.22. The van der Waals surface area contributed by atoms with Gasteiger partial charge in [0.05, 0.1) is 18.3 Å². The van der Waals surface area contributed by atoms with Crippen molar-refractivity contribution in [1.29, 1.82) is 0 Å². The van der Waals surface area contributed by atoms with Gasteiger partial charge in [-0.3, -0.25) is 4.57 Å². The fourth-order valence-electron chi connectivity index (χ4n) is 1.44. The molecule has 17 heavy (non-hydrogen) atoms. The number of nitrogens with zero attached hydrogens (tertiary/aromatic N) is 3. The lowest BCUT2D eigenvalue weighted by Gasteiger charge is -2.06. The monoisotopic (exact) mass is 235 g/mol. The van der Waals surface area contributed by atoms with Crippen molar-refractivity contribution in [3.05, 3.63) is 28.8 Å². The summed E-state index contributed by atoms with van der Waals surface area (Å²) in [7, 11) is 3.27. The lowest BCUT2D eigenvalue weighted by Crippen LogP contribution is -2.19. The second-order valence-corrected chi connectivity index (χ2v) is 3.49. The molecule has 0 amide bonds. The average Bonchev–Trinajstić information content (AvgIpc) is 2.34. The van der Waals surface area contributed by atoms with E-state index in [-0.39, 0.29) is 5.69 Å². The maximum atomic E-state index is 11.3. The van der Waals surface area contributed by atoms with Crippen LogP contribution in [0.15, 0.2) is 23.1 Å². The normalized spacial score (nSPS) is 10.7. The van der Waals surface area contributed by atoms with Gasteiger partial charge in [0.15, 0.2) is 0 Å². The second kappa shape index (κ2) is 4.92. The Morgan fingerprint density at radius 3 is 2.94 bits per heavy atom. The first kappa shape index (κ1) is 11.5. The highest BCUT2D eigenvalue weighted by Gasteiger charge is 2.03. The fourth-order valence-corrected chi connectivity index (χ4v) is 1.44. The summed E-state index contributed by atoms with van der Waals surface area (Å²) in [5, 5.41) is 0. The Morgan fingerprint density at radius 1 is 1.35 bits per heavy atom. The van der Waals surface area contributed by atoms with E-state index in [1.165, 1.54) is 10.8 Å². The molecule has 0 aliphatic heterocycles. The lowest BCUT2D eigenvalue weighted by molar-refractivity contribution is 0.144. The number of hydrogen-bond acceptors (Lipinski definition) is 5. The van der Waals surface area contributed by atoms with Crippen LogP contribution >= 0.6 is 0 Å². The van der Waals surface area contributed by atoms with E-state index >= 15 is 0 Å². The Morgan fingerprint density at radius 2 is 2.18 bits per heavy atom. The van der Waals surface area contributed by atoms with Crippen molar-refractivity contribution in [2.75, 3.05) is 20.3 Å². The molecular weight excluding hydrogens is 222 g/mol. The highest BCUT2D eigenvalue weighted by molar-refractivity contribution is 5.73. The molecule has 0 radical (unpaired) electrons. The number of aromatic nitrogens is 3. The van der Waals surface area contributed by atoms with E-state index in [4.69, 9.17) is 9.47 Å². The van der Waals surface area contributed by atoms with Gasteiger partial charge in [-0.2, -0.15) is 4.98 Å². The lowest BCUT2D eigenvalue weighted by atomic mass is 10.3. The molecule has 0 fully saturated rings. The van der Waals surface area contributed by atoms with E-state index in [0.717, 1.165) is 5.52 Å². The van der Waals surface area contributed by atoms with E-state index in [1.54, 1.807) is 26.3 Å². The summed E-state index contributed by atoms with van der Waals surface area (Å²) in [5.41, 5.74) is 1.05. The SMILES string of the molecule is COCCOc1ccc2c(cnc(=O)n2C)n1. The van der Waals surface area contributed by atoms with E-state index in [9.17, 15) is 4.79 Å². The molecule has 0 unspecified atom stereocenters. The third-order valence-electron chi connectivity index (χ3n) is 2.36. The van der Waals surface area contributed by atoms with Crippen molar-refractivity contribution in [3.8, 4) is 5.88 Å². The molecule has 6 heteroatoms. The quantitative estimate of drug-likeness (QED) is 0.715. The minimum Gasteiger partial charge on any atom is -0.475 e. The number of methoxy groups -OCH3 is 1. The van der Waals surface area contributed by atoms with Crippen LogP contribution in [0.3, 0.4) is 0 Å². The summed E-state index contributed by atoms with van der Waals surface area (Å²) in [4.78, 5) is 19.3. The summed E-state index contributed by atoms with van der Waals surface area (Å²) in [6, 6.07) is 3.50. The van der Waals surface area contributed by atoms with Crippen molar-refractivity contribution in [1.82, 2.24) is 14.5 Å².